The van der Waals surface area contributed by atoms with Crippen molar-refractivity contribution in [2.75, 3.05) is 54.1 Å². The topological polar surface area (TPSA) is 91.3 Å². The summed E-state index contributed by atoms with van der Waals surface area (Å²) in [5.41, 5.74) is 0. The number of unbranched alkanes of at least 4 members (excludes halogenated alkanes) is 29. The third kappa shape index (κ3) is 58.7. The van der Waals surface area contributed by atoms with Crippen molar-refractivity contribution in [2.24, 2.45) is 0 Å². The van der Waals surface area contributed by atoms with E-state index in [4.69, 9.17) is 18.5 Å². The van der Waals surface area contributed by atoms with Gasteiger partial charge in [-0.3, -0.25) is 13.8 Å². The number of phosphoric ester groups is 1. The number of hydrogen-bond donors (Lipinski definition) is 1. The molecule has 414 valence electrons. The van der Waals surface area contributed by atoms with E-state index in [2.05, 4.69) is 86.8 Å². The van der Waals surface area contributed by atoms with Crippen molar-refractivity contribution in [2.45, 2.75) is 264 Å². The van der Waals surface area contributed by atoms with Crippen molar-refractivity contribution in [3.05, 3.63) is 72.9 Å². The molecule has 0 aliphatic rings. The molecule has 9 heteroatoms. The Morgan fingerprint density at radius 3 is 1.24 bits per heavy atom. The summed E-state index contributed by atoms with van der Waals surface area (Å²) in [7, 11) is 1.66. The molecule has 0 amide bonds. The highest BCUT2D eigenvalue weighted by atomic mass is 31.2. The zero-order valence-electron chi connectivity index (χ0n) is 47.2. The lowest BCUT2D eigenvalue weighted by atomic mass is 10.0. The molecular formula is C62H115NO7P+. The van der Waals surface area contributed by atoms with Gasteiger partial charge in [0.2, 0.25) is 0 Å². The Kier molecular flexibility index (Phi) is 52.6. The van der Waals surface area contributed by atoms with Gasteiger partial charge in [-0.1, -0.05) is 241 Å². The van der Waals surface area contributed by atoms with Crippen LogP contribution in [-0.2, 0) is 27.9 Å². The number of nitrogens with zero attached hydrogens (tertiary/aromatic N) is 1. The van der Waals surface area contributed by atoms with Crippen molar-refractivity contribution in [1.29, 1.82) is 0 Å². The maximum absolute atomic E-state index is 12.8. The molecule has 0 aromatic carbocycles. The minimum atomic E-state index is -4.29. The minimum Gasteiger partial charge on any atom is -0.457 e. The first kappa shape index (κ1) is 68.9. The summed E-state index contributed by atoms with van der Waals surface area (Å²) in [5.74, 6) is -0.315. The number of rotatable bonds is 55. The molecule has 0 aliphatic heterocycles. The van der Waals surface area contributed by atoms with E-state index in [1.165, 1.54) is 167 Å². The second-order valence-electron chi connectivity index (χ2n) is 21.0. The molecule has 0 aromatic rings. The van der Waals surface area contributed by atoms with Crippen LogP contribution in [0.25, 0.3) is 0 Å². The van der Waals surface area contributed by atoms with Gasteiger partial charge in [0.05, 0.1) is 34.4 Å². The summed E-state index contributed by atoms with van der Waals surface area (Å²) < 4.78 is 35.3. The van der Waals surface area contributed by atoms with E-state index in [0.717, 1.165) is 70.6 Å². The van der Waals surface area contributed by atoms with Gasteiger partial charge in [-0.25, -0.2) is 4.57 Å². The summed E-state index contributed by atoms with van der Waals surface area (Å²) in [6.45, 7) is 5.52. The third-order valence-corrected chi connectivity index (χ3v) is 13.7. The Balaban J connectivity index is 4.08. The van der Waals surface area contributed by atoms with Crippen LogP contribution in [0, 0.1) is 0 Å². The highest BCUT2D eigenvalue weighted by Crippen LogP contribution is 2.43. The lowest BCUT2D eigenvalue weighted by molar-refractivity contribution is -0.870. The van der Waals surface area contributed by atoms with E-state index in [1.807, 2.05) is 21.1 Å². The number of hydrogen-bond acceptors (Lipinski definition) is 6. The zero-order chi connectivity index (χ0) is 51.9. The molecule has 0 radical (unpaired) electrons. The van der Waals surface area contributed by atoms with Crippen LogP contribution in [0.5, 0.6) is 0 Å². The van der Waals surface area contributed by atoms with Gasteiger partial charge in [-0.2, -0.15) is 0 Å². The molecule has 8 nitrogen and oxygen atoms in total. The van der Waals surface area contributed by atoms with Crippen LogP contribution in [0.15, 0.2) is 72.9 Å². The lowest BCUT2D eigenvalue weighted by Gasteiger charge is -2.24. The molecule has 0 saturated heterocycles. The van der Waals surface area contributed by atoms with Crippen LogP contribution in [0.1, 0.15) is 258 Å². The summed E-state index contributed by atoms with van der Waals surface area (Å²) in [4.78, 5) is 23.1. The normalized spacial score (nSPS) is 13.9. The maximum atomic E-state index is 12.8. The van der Waals surface area contributed by atoms with Crippen molar-refractivity contribution < 1.29 is 37.3 Å². The number of esters is 1. The number of carbonyl (C=O) groups excluding carboxylic acids is 1. The molecular weight excluding hydrogens is 902 g/mol. The van der Waals surface area contributed by atoms with E-state index >= 15 is 0 Å². The third-order valence-electron chi connectivity index (χ3n) is 12.8. The van der Waals surface area contributed by atoms with E-state index in [0.29, 0.717) is 24.1 Å². The number of carbonyl (C=O) groups is 1. The quantitative estimate of drug-likeness (QED) is 0.0213. The van der Waals surface area contributed by atoms with Gasteiger partial charge in [0, 0.05) is 13.0 Å². The molecule has 0 aliphatic carbocycles. The highest BCUT2D eigenvalue weighted by molar-refractivity contribution is 7.47. The largest absolute Gasteiger partial charge is 0.472 e. The number of ether oxygens (including phenoxy) is 2. The second kappa shape index (κ2) is 54.2. The number of quaternary nitrogens is 1. The molecule has 1 N–H and O–H groups in total. The van der Waals surface area contributed by atoms with E-state index in [-0.39, 0.29) is 25.8 Å². The molecule has 0 bridgehead atoms. The van der Waals surface area contributed by atoms with Crippen LogP contribution < -0.4 is 0 Å². The molecule has 2 atom stereocenters. The molecule has 0 aromatic heterocycles. The Labute approximate surface area is 440 Å². The second-order valence-corrected chi connectivity index (χ2v) is 22.4. The summed E-state index contributed by atoms with van der Waals surface area (Å²) in [6, 6.07) is 0. The van der Waals surface area contributed by atoms with E-state index in [9.17, 15) is 14.3 Å². The van der Waals surface area contributed by atoms with Gasteiger partial charge in [0.1, 0.15) is 19.3 Å². The summed E-state index contributed by atoms with van der Waals surface area (Å²) in [5, 5.41) is 0. The molecule has 0 heterocycles. The SMILES string of the molecule is CC/C=C\C/C=C\C/C=C\C/C=C\C/C=C\CCCCCCCCCCOCC(COP(=O)(O)OCC[N+](C)(C)C)OC(=O)CCCCCCCCCCCCCCC/C=C\CCCCCCCCCC. The number of allylic oxidation sites excluding steroid dienone is 12. The highest BCUT2D eigenvalue weighted by Gasteiger charge is 2.26. The molecule has 0 saturated carbocycles. The predicted octanol–water partition coefficient (Wildman–Crippen LogP) is 19.0. The van der Waals surface area contributed by atoms with Crippen molar-refractivity contribution in [3.8, 4) is 0 Å². The average molecular weight is 1020 g/mol. The monoisotopic (exact) mass is 1020 g/mol. The van der Waals surface area contributed by atoms with Crippen LogP contribution in [0.2, 0.25) is 0 Å². The van der Waals surface area contributed by atoms with Crippen LogP contribution in [-0.4, -0.2) is 75.6 Å². The summed E-state index contributed by atoms with van der Waals surface area (Å²) in [6.07, 6.45) is 72.5. The van der Waals surface area contributed by atoms with Gasteiger partial charge in [-0.05, 0) is 83.5 Å². The minimum absolute atomic E-state index is 0.0846. The van der Waals surface area contributed by atoms with Crippen molar-refractivity contribution >= 4 is 13.8 Å². The smallest absolute Gasteiger partial charge is 0.457 e. The zero-order valence-corrected chi connectivity index (χ0v) is 48.1. The van der Waals surface area contributed by atoms with Crippen molar-refractivity contribution in [3.63, 3.8) is 0 Å². The molecule has 0 fully saturated rings. The first-order chi connectivity index (χ1) is 34.6. The van der Waals surface area contributed by atoms with Crippen molar-refractivity contribution in [1.82, 2.24) is 0 Å². The molecule has 0 spiro atoms. The molecule has 71 heavy (non-hydrogen) atoms. The van der Waals surface area contributed by atoms with Crippen LogP contribution in [0.3, 0.4) is 0 Å². The molecule has 0 rings (SSSR count). The maximum Gasteiger partial charge on any atom is 0.472 e. The molecule has 2 unspecified atom stereocenters. The van der Waals surface area contributed by atoms with Gasteiger partial charge < -0.3 is 18.9 Å². The van der Waals surface area contributed by atoms with E-state index < -0.39 is 13.9 Å². The van der Waals surface area contributed by atoms with Gasteiger partial charge >= 0.3 is 13.8 Å². The Morgan fingerprint density at radius 2 is 0.817 bits per heavy atom. The van der Waals surface area contributed by atoms with Gasteiger partial charge in [0.15, 0.2) is 0 Å². The van der Waals surface area contributed by atoms with Crippen LogP contribution >= 0.6 is 7.82 Å². The lowest BCUT2D eigenvalue weighted by Crippen LogP contribution is -2.37. The summed E-state index contributed by atoms with van der Waals surface area (Å²) >= 11 is 0. The van der Waals surface area contributed by atoms with Crippen LogP contribution in [0.4, 0.5) is 0 Å². The Morgan fingerprint density at radius 1 is 0.451 bits per heavy atom. The first-order valence-electron chi connectivity index (χ1n) is 29.7. The predicted molar refractivity (Wildman–Crippen MR) is 307 cm³/mol. The average Bonchev–Trinajstić information content (AvgIpc) is 3.33. The fraction of sp³-hybridized carbons (Fsp3) is 0.790. The first-order valence-corrected chi connectivity index (χ1v) is 31.2. The van der Waals surface area contributed by atoms with Gasteiger partial charge in [0.25, 0.3) is 0 Å². The standard InChI is InChI=1S/C62H114NO7P/c1-6-8-10-12-14-16-18-20-22-24-26-28-30-32-33-35-37-39-41-43-45-47-49-51-53-55-62(64)70-61(60-69-71(65,66)68-58-56-63(3,4)5)59-67-57-54-52-50-48-46-44-42-40-38-36-34-31-29-27-25-23-21-19-17-15-13-11-9-7-2/h9,11,15,17,21,23-24,26-27,29,34,36,61H,6-8,10,12-14,16,18-20,22,25,28,30-33,35,37-60H2,1-5H3/p+1/b11-9-,17-15-,23-21-,26-24-,29-27-,36-34-. The van der Waals surface area contributed by atoms with Gasteiger partial charge in [-0.15, -0.1) is 0 Å². The van der Waals surface area contributed by atoms with E-state index in [1.54, 1.807) is 0 Å². The number of phosphoric acid groups is 1. The Bertz CT molecular complexity index is 1370. The fourth-order valence-corrected chi connectivity index (χ4v) is 8.97. The Hall–Kier alpha value is -2.06. The fourth-order valence-electron chi connectivity index (χ4n) is 8.22. The number of likely N-dealkylation sites (N-methyl/N-ethyl adjacent to an activating group) is 1.